The summed E-state index contributed by atoms with van der Waals surface area (Å²) in [5.74, 6) is 0.271. The van der Waals surface area contributed by atoms with E-state index in [0.717, 1.165) is 17.1 Å². The summed E-state index contributed by atoms with van der Waals surface area (Å²) in [7, 11) is 2.12. The SMILES string of the molecule is Bc1ccc(N(/N=C(\C(=C)NC=C)C(C)C)C(C)C)cc1C. The second-order valence-electron chi connectivity index (χ2n) is 6.17. The molecule has 3 nitrogen and oxygen atoms in total. The van der Waals surface area contributed by atoms with Gasteiger partial charge in [-0.3, -0.25) is 5.01 Å². The van der Waals surface area contributed by atoms with Gasteiger partial charge in [-0.05, 0) is 45.0 Å². The van der Waals surface area contributed by atoms with Crippen molar-refractivity contribution in [3.63, 3.8) is 0 Å². The first kappa shape index (κ1) is 18.1. The van der Waals surface area contributed by atoms with E-state index >= 15 is 0 Å². The molecule has 0 radical (unpaired) electrons. The van der Waals surface area contributed by atoms with Crippen LogP contribution in [0.1, 0.15) is 33.3 Å². The lowest BCUT2D eigenvalue weighted by molar-refractivity contribution is 0.703. The third kappa shape index (κ3) is 4.52. The van der Waals surface area contributed by atoms with Crippen molar-refractivity contribution in [3.05, 3.63) is 48.8 Å². The van der Waals surface area contributed by atoms with Gasteiger partial charge >= 0.3 is 0 Å². The van der Waals surface area contributed by atoms with Crippen molar-refractivity contribution < 1.29 is 0 Å². The van der Waals surface area contributed by atoms with Gasteiger partial charge in [0.2, 0.25) is 0 Å². The number of benzene rings is 1. The molecule has 1 N–H and O–H groups in total. The van der Waals surface area contributed by atoms with Gasteiger partial charge in [0.1, 0.15) is 7.85 Å². The standard InChI is InChI=1S/C18H28BN3/c1-8-20-15(7)18(12(2)3)21-22(13(4)5)16-9-10-17(19)14(6)11-16/h8-13,20H,1,7,19H2,2-6H3/b21-18-. The first-order chi connectivity index (χ1) is 10.3. The zero-order valence-corrected chi connectivity index (χ0v) is 14.8. The van der Waals surface area contributed by atoms with Crippen molar-refractivity contribution in [2.24, 2.45) is 11.0 Å². The van der Waals surface area contributed by atoms with E-state index in [1.54, 1.807) is 6.20 Å². The van der Waals surface area contributed by atoms with Crippen LogP contribution in [0.25, 0.3) is 0 Å². The van der Waals surface area contributed by atoms with Crippen LogP contribution in [0.2, 0.25) is 0 Å². The molecule has 0 spiro atoms. The van der Waals surface area contributed by atoms with Gasteiger partial charge in [0.15, 0.2) is 0 Å². The lowest BCUT2D eigenvalue weighted by Gasteiger charge is -2.27. The minimum atomic E-state index is 0.257. The summed E-state index contributed by atoms with van der Waals surface area (Å²) in [6.45, 7) is 18.4. The number of allylic oxidation sites excluding steroid dienone is 1. The average molecular weight is 297 g/mol. The van der Waals surface area contributed by atoms with Crippen LogP contribution in [0.15, 0.2) is 48.4 Å². The first-order valence-corrected chi connectivity index (χ1v) is 7.79. The van der Waals surface area contributed by atoms with E-state index in [-0.39, 0.29) is 12.0 Å². The van der Waals surface area contributed by atoms with Crippen LogP contribution in [0.5, 0.6) is 0 Å². The molecule has 0 aliphatic heterocycles. The highest BCUT2D eigenvalue weighted by Crippen LogP contribution is 2.20. The number of nitrogens with zero attached hydrogens (tertiary/aromatic N) is 2. The van der Waals surface area contributed by atoms with Gasteiger partial charge in [-0.25, -0.2) is 0 Å². The number of nitrogens with one attached hydrogen (secondary N) is 1. The van der Waals surface area contributed by atoms with Gasteiger partial charge < -0.3 is 5.32 Å². The van der Waals surface area contributed by atoms with Gasteiger partial charge in [-0.1, -0.05) is 44.1 Å². The Morgan fingerprint density at radius 1 is 1.32 bits per heavy atom. The van der Waals surface area contributed by atoms with Crippen molar-refractivity contribution in [2.45, 2.75) is 40.7 Å². The van der Waals surface area contributed by atoms with Gasteiger partial charge in [-0.2, -0.15) is 5.10 Å². The molecule has 0 heterocycles. The van der Waals surface area contributed by atoms with Crippen LogP contribution in [-0.2, 0) is 0 Å². The fourth-order valence-electron chi connectivity index (χ4n) is 2.18. The average Bonchev–Trinajstić information content (AvgIpc) is 2.42. The van der Waals surface area contributed by atoms with Crippen molar-refractivity contribution >= 4 is 24.7 Å². The molecule has 1 aromatic rings. The Morgan fingerprint density at radius 2 is 1.95 bits per heavy atom. The molecule has 1 aromatic carbocycles. The molecular weight excluding hydrogens is 269 g/mol. The largest absolute Gasteiger partial charge is 0.361 e. The molecule has 4 heteroatoms. The zero-order valence-electron chi connectivity index (χ0n) is 14.8. The first-order valence-electron chi connectivity index (χ1n) is 7.79. The third-order valence-electron chi connectivity index (χ3n) is 3.59. The van der Waals surface area contributed by atoms with Crippen LogP contribution >= 0.6 is 0 Å². The molecule has 22 heavy (non-hydrogen) atoms. The number of hydrazone groups is 1. The van der Waals surface area contributed by atoms with E-state index in [1.165, 1.54) is 11.0 Å². The molecule has 0 unspecified atom stereocenters. The van der Waals surface area contributed by atoms with Gasteiger partial charge in [0.25, 0.3) is 0 Å². The fourth-order valence-corrected chi connectivity index (χ4v) is 2.18. The summed E-state index contributed by atoms with van der Waals surface area (Å²) in [5.41, 5.74) is 5.39. The second-order valence-corrected chi connectivity index (χ2v) is 6.17. The van der Waals surface area contributed by atoms with E-state index in [0.29, 0.717) is 0 Å². The van der Waals surface area contributed by atoms with E-state index in [2.05, 4.69) is 84.1 Å². The maximum Gasteiger partial charge on any atom is 0.139 e. The fraction of sp³-hybridized carbons (Fsp3) is 0.389. The van der Waals surface area contributed by atoms with E-state index in [4.69, 9.17) is 5.10 Å². The maximum atomic E-state index is 4.87. The summed E-state index contributed by atoms with van der Waals surface area (Å²) >= 11 is 0. The summed E-state index contributed by atoms with van der Waals surface area (Å²) in [6.07, 6.45) is 1.63. The number of hydrogen-bond acceptors (Lipinski definition) is 3. The predicted molar refractivity (Wildman–Crippen MR) is 102 cm³/mol. The van der Waals surface area contributed by atoms with Crippen molar-refractivity contribution in [3.8, 4) is 0 Å². The van der Waals surface area contributed by atoms with Crippen molar-refractivity contribution in [1.82, 2.24) is 5.32 Å². The molecule has 1 rings (SSSR count). The van der Waals surface area contributed by atoms with Crippen LogP contribution in [0, 0.1) is 12.8 Å². The Labute approximate surface area is 136 Å². The van der Waals surface area contributed by atoms with E-state index < -0.39 is 0 Å². The quantitative estimate of drug-likeness (QED) is 0.476. The Balaban J connectivity index is 3.28. The monoisotopic (exact) mass is 297 g/mol. The third-order valence-corrected chi connectivity index (χ3v) is 3.59. The highest BCUT2D eigenvalue weighted by Gasteiger charge is 2.15. The van der Waals surface area contributed by atoms with Crippen LogP contribution < -0.4 is 15.8 Å². The molecule has 0 bridgehead atoms. The lowest BCUT2D eigenvalue weighted by Crippen LogP contribution is -2.30. The smallest absolute Gasteiger partial charge is 0.139 e. The molecule has 118 valence electrons. The van der Waals surface area contributed by atoms with Crippen LogP contribution in [0.3, 0.4) is 0 Å². The lowest BCUT2D eigenvalue weighted by atomic mass is 9.91. The number of rotatable bonds is 7. The summed E-state index contributed by atoms with van der Waals surface area (Å²) in [5, 5.41) is 9.98. The highest BCUT2D eigenvalue weighted by atomic mass is 15.5. The second kappa shape index (κ2) is 7.88. The summed E-state index contributed by atoms with van der Waals surface area (Å²) < 4.78 is 0. The summed E-state index contributed by atoms with van der Waals surface area (Å²) in [6, 6.07) is 6.70. The van der Waals surface area contributed by atoms with Gasteiger partial charge in [-0.15, -0.1) is 0 Å². The van der Waals surface area contributed by atoms with Gasteiger partial charge in [0, 0.05) is 6.04 Å². The normalized spacial score (nSPS) is 11.7. The highest BCUT2D eigenvalue weighted by molar-refractivity contribution is 6.33. The minimum Gasteiger partial charge on any atom is -0.361 e. The van der Waals surface area contributed by atoms with Crippen LogP contribution in [0.4, 0.5) is 5.69 Å². The maximum absolute atomic E-state index is 4.87. The molecule has 0 aliphatic rings. The van der Waals surface area contributed by atoms with E-state index in [9.17, 15) is 0 Å². The minimum absolute atomic E-state index is 0.257. The topological polar surface area (TPSA) is 27.6 Å². The Kier molecular flexibility index (Phi) is 6.48. The van der Waals surface area contributed by atoms with E-state index in [1.807, 2.05) is 0 Å². The summed E-state index contributed by atoms with van der Waals surface area (Å²) in [4.78, 5) is 0. The van der Waals surface area contributed by atoms with Crippen molar-refractivity contribution in [2.75, 3.05) is 5.01 Å². The van der Waals surface area contributed by atoms with Crippen LogP contribution in [-0.4, -0.2) is 19.6 Å². The molecule has 0 fully saturated rings. The Hall–Kier alpha value is -1.97. The molecule has 0 atom stereocenters. The van der Waals surface area contributed by atoms with Crippen molar-refractivity contribution in [1.29, 1.82) is 0 Å². The molecule has 0 saturated heterocycles. The molecule has 0 aromatic heterocycles. The molecule has 0 amide bonds. The number of hydrogen-bond donors (Lipinski definition) is 1. The molecule has 0 saturated carbocycles. The Morgan fingerprint density at radius 3 is 2.41 bits per heavy atom. The predicted octanol–water partition coefficient (Wildman–Crippen LogP) is 2.73. The number of aryl methyl sites for hydroxylation is 1. The zero-order chi connectivity index (χ0) is 16.9. The number of anilines is 1. The molecular formula is C18H28BN3. The molecule has 0 aliphatic carbocycles. The van der Waals surface area contributed by atoms with Gasteiger partial charge in [0.05, 0.1) is 17.1 Å². The Bertz CT molecular complexity index is 574.